The van der Waals surface area contributed by atoms with E-state index in [9.17, 15) is 11.8 Å². The Balaban J connectivity index is 1.34. The van der Waals surface area contributed by atoms with Gasteiger partial charge in [-0.15, -0.1) is 34.0 Å². The first-order chi connectivity index (χ1) is 30.7. The highest BCUT2D eigenvalue weighted by Crippen LogP contribution is 2.56. The van der Waals surface area contributed by atoms with Crippen LogP contribution in [0.25, 0.3) is 126 Å². The maximum atomic E-state index is 11.8. The van der Waals surface area contributed by atoms with E-state index in [1.165, 1.54) is 41.0 Å². The Morgan fingerprint density at radius 2 is 0.855 bits per heavy atom. The van der Waals surface area contributed by atoms with E-state index in [1.54, 1.807) is 34.0 Å². The summed E-state index contributed by atoms with van der Waals surface area (Å²) in [6.45, 7) is 9.49. The van der Waals surface area contributed by atoms with Crippen molar-refractivity contribution in [3.8, 4) is 45.1 Å². The highest BCUT2D eigenvalue weighted by atomic mass is 32.1. The molecule has 0 spiro atoms. The number of benzene rings is 9. The average Bonchev–Trinajstić information content (AvgIpc) is 4.10. The first-order valence-corrected chi connectivity index (χ1v) is 22.9. The normalized spacial score (nSPS) is 11.8. The Labute approximate surface area is 367 Å². The van der Waals surface area contributed by atoms with Crippen molar-refractivity contribution in [2.45, 2.75) is 0 Å². The molecule has 0 amide bonds. The van der Waals surface area contributed by atoms with Crippen molar-refractivity contribution in [1.29, 1.82) is 5.26 Å². The van der Waals surface area contributed by atoms with E-state index in [1.807, 2.05) is 36.4 Å². The van der Waals surface area contributed by atoms with E-state index < -0.39 is 0 Å². The number of hydrogen-bond donors (Lipinski definition) is 0. The molecular formula is C56H29N3S3. The molecule has 13 rings (SSSR count). The molecule has 13 aromatic rings. The van der Waals surface area contributed by atoms with Gasteiger partial charge < -0.3 is 4.57 Å². The molecule has 0 N–H and O–H groups in total. The highest BCUT2D eigenvalue weighted by molar-refractivity contribution is 7.27. The maximum Gasteiger partial charge on any atom is 0.219 e. The van der Waals surface area contributed by atoms with Crippen LogP contribution in [0, 0.1) is 17.9 Å². The lowest BCUT2D eigenvalue weighted by atomic mass is 9.83. The number of aromatic nitrogens is 1. The molecule has 0 saturated heterocycles. The summed E-state index contributed by atoms with van der Waals surface area (Å²) >= 11 is 5.34. The minimum absolute atomic E-state index is 0.515. The molecule has 6 heteroatoms. The second kappa shape index (κ2) is 13.5. The van der Waals surface area contributed by atoms with Gasteiger partial charge in [-0.1, -0.05) is 158 Å². The molecule has 62 heavy (non-hydrogen) atoms. The van der Waals surface area contributed by atoms with Gasteiger partial charge >= 0.3 is 0 Å². The van der Waals surface area contributed by atoms with Crippen LogP contribution in [0.4, 0.5) is 5.69 Å². The highest BCUT2D eigenvalue weighted by Gasteiger charge is 2.32. The molecule has 3 nitrogen and oxygen atoms in total. The quantitative estimate of drug-likeness (QED) is 0.163. The van der Waals surface area contributed by atoms with Crippen LogP contribution in [0.5, 0.6) is 0 Å². The van der Waals surface area contributed by atoms with E-state index in [0.717, 1.165) is 80.4 Å². The summed E-state index contributed by atoms with van der Waals surface area (Å²) in [6.07, 6.45) is 0. The Kier molecular flexibility index (Phi) is 7.64. The monoisotopic (exact) mass is 839 g/mol. The zero-order valence-electron chi connectivity index (χ0n) is 32.8. The molecule has 0 fully saturated rings. The van der Waals surface area contributed by atoms with Crippen molar-refractivity contribution in [3.63, 3.8) is 0 Å². The second-order valence-corrected chi connectivity index (χ2v) is 18.8. The van der Waals surface area contributed by atoms with Gasteiger partial charge in [0.05, 0.1) is 38.3 Å². The van der Waals surface area contributed by atoms with E-state index in [-0.39, 0.29) is 0 Å². The van der Waals surface area contributed by atoms with E-state index in [0.29, 0.717) is 11.3 Å². The summed E-state index contributed by atoms with van der Waals surface area (Å²) in [4.78, 5) is 4.70. The van der Waals surface area contributed by atoms with Crippen LogP contribution in [0.3, 0.4) is 0 Å². The summed E-state index contributed by atoms with van der Waals surface area (Å²) in [5, 5.41) is 21.2. The molecule has 0 radical (unpaired) electrons. The lowest BCUT2D eigenvalue weighted by molar-refractivity contribution is 1.20. The van der Waals surface area contributed by atoms with Crippen LogP contribution in [0.1, 0.15) is 5.56 Å². The Morgan fingerprint density at radius 1 is 0.419 bits per heavy atom. The fourth-order valence-corrected chi connectivity index (χ4v) is 13.6. The van der Waals surface area contributed by atoms with Crippen LogP contribution in [-0.4, -0.2) is 4.57 Å². The van der Waals surface area contributed by atoms with Gasteiger partial charge in [0.1, 0.15) is 6.07 Å². The lowest BCUT2D eigenvalue weighted by Crippen LogP contribution is -2.04. The van der Waals surface area contributed by atoms with Crippen molar-refractivity contribution in [2.75, 3.05) is 0 Å². The third-order valence-corrected chi connectivity index (χ3v) is 16.1. The van der Waals surface area contributed by atoms with Crippen LogP contribution in [0.15, 0.2) is 176 Å². The summed E-state index contributed by atoms with van der Waals surface area (Å²) in [5.41, 5.74) is 8.91. The van der Waals surface area contributed by atoms with Gasteiger partial charge in [-0.05, 0) is 40.5 Å². The molecule has 4 aromatic heterocycles. The van der Waals surface area contributed by atoms with Crippen molar-refractivity contribution < 1.29 is 0 Å². The van der Waals surface area contributed by atoms with Gasteiger partial charge in [0.25, 0.3) is 0 Å². The number of nitrogens with zero attached hydrogens (tertiary/aromatic N) is 3. The smallest absolute Gasteiger partial charge is 0.219 e. The summed E-state index contributed by atoms with van der Waals surface area (Å²) < 4.78 is 9.41. The molecule has 9 aromatic carbocycles. The fourth-order valence-electron chi connectivity index (χ4n) is 9.91. The number of thiophene rings is 3. The fraction of sp³-hybridized carbons (Fsp3) is 0. The Hall–Kier alpha value is -7.58. The summed E-state index contributed by atoms with van der Waals surface area (Å²) in [7, 11) is 0. The standard InChI is InChI=1S/C56H29N3S3/c1-58-50-49(42-23-14-22-39-34-19-8-11-24-44(34)60-54(39)42)47(32-15-4-2-5-16-32)43(31-57)48(33-17-6-3-7-18-33)53(50)59-51-37(27-29-40-35-20-9-12-25-45(35)61-55(40)51)38-28-30-41-36-21-10-13-26-46(36)62-56(41)52(38)59/h2-30H. The first-order valence-electron chi connectivity index (χ1n) is 20.4. The molecule has 4 heterocycles. The van der Waals surface area contributed by atoms with Gasteiger partial charge in [0.2, 0.25) is 5.69 Å². The Bertz CT molecular complexity index is 3990. The second-order valence-electron chi connectivity index (χ2n) is 15.6. The van der Waals surface area contributed by atoms with Gasteiger partial charge in [0.15, 0.2) is 0 Å². The summed E-state index contributed by atoms with van der Waals surface area (Å²) in [5.74, 6) is 0. The zero-order valence-corrected chi connectivity index (χ0v) is 35.3. The minimum atomic E-state index is 0.515. The topological polar surface area (TPSA) is 33.1 Å². The minimum Gasteiger partial charge on any atom is -0.316 e. The van der Waals surface area contributed by atoms with Crippen molar-refractivity contribution >= 4 is 122 Å². The molecule has 0 aliphatic carbocycles. The molecule has 0 bridgehead atoms. The third-order valence-electron chi connectivity index (χ3n) is 12.5. The number of fused-ring (bicyclic) bond motifs is 14. The molecule has 0 atom stereocenters. The van der Waals surface area contributed by atoms with Gasteiger partial charge in [-0.3, -0.25) is 0 Å². The molecular weight excluding hydrogens is 811 g/mol. The first kappa shape index (κ1) is 35.2. The summed E-state index contributed by atoms with van der Waals surface area (Å²) in [6, 6.07) is 64.6. The molecule has 0 saturated carbocycles. The predicted octanol–water partition coefficient (Wildman–Crippen LogP) is 17.3. The SMILES string of the molecule is [C-]#[N+]c1c(-c2cccc3c2sc2ccccc23)c(-c2ccccc2)c(C#N)c(-c2ccccc2)c1-n1c2c(ccc3c4ccccc4sc32)c2ccc3c4ccccc4sc3c21. The maximum absolute atomic E-state index is 11.8. The van der Waals surface area contributed by atoms with Crippen LogP contribution >= 0.6 is 34.0 Å². The molecule has 0 unspecified atom stereocenters. The lowest BCUT2D eigenvalue weighted by Gasteiger charge is -2.25. The van der Waals surface area contributed by atoms with Crippen LogP contribution in [-0.2, 0) is 0 Å². The van der Waals surface area contributed by atoms with Crippen molar-refractivity contribution in [2.24, 2.45) is 0 Å². The van der Waals surface area contributed by atoms with E-state index >= 15 is 0 Å². The zero-order chi connectivity index (χ0) is 41.1. The van der Waals surface area contributed by atoms with Gasteiger partial charge in [0, 0.05) is 73.0 Å². The van der Waals surface area contributed by atoms with Gasteiger partial charge in [-0.25, -0.2) is 4.85 Å². The molecule has 286 valence electrons. The van der Waals surface area contributed by atoms with Crippen LogP contribution in [0.2, 0.25) is 0 Å². The average molecular weight is 840 g/mol. The molecule has 0 aliphatic heterocycles. The number of rotatable bonds is 4. The van der Waals surface area contributed by atoms with Gasteiger partial charge in [-0.2, -0.15) is 5.26 Å². The van der Waals surface area contributed by atoms with Crippen LogP contribution < -0.4 is 0 Å². The Morgan fingerprint density at radius 3 is 1.37 bits per heavy atom. The number of hydrogen-bond acceptors (Lipinski definition) is 4. The van der Waals surface area contributed by atoms with E-state index in [2.05, 4.69) is 150 Å². The van der Waals surface area contributed by atoms with Crippen molar-refractivity contribution in [1.82, 2.24) is 4.57 Å². The van der Waals surface area contributed by atoms with E-state index in [4.69, 9.17) is 4.85 Å². The number of nitriles is 1. The third kappa shape index (κ3) is 4.83. The molecule has 0 aliphatic rings. The predicted molar refractivity (Wildman–Crippen MR) is 267 cm³/mol. The largest absolute Gasteiger partial charge is 0.316 e. The van der Waals surface area contributed by atoms with Crippen molar-refractivity contribution in [3.05, 3.63) is 193 Å².